The van der Waals surface area contributed by atoms with Gasteiger partial charge in [-0.1, -0.05) is 0 Å². The zero-order chi connectivity index (χ0) is 14.4. The Morgan fingerprint density at radius 1 is 1.20 bits per heavy atom. The van der Waals surface area contributed by atoms with Crippen LogP contribution in [-0.4, -0.2) is 23.9 Å². The van der Waals surface area contributed by atoms with E-state index in [2.05, 4.69) is 0 Å². The zero-order valence-electron chi connectivity index (χ0n) is 11.4. The molecule has 0 amide bonds. The van der Waals surface area contributed by atoms with E-state index in [1.807, 2.05) is 0 Å². The lowest BCUT2D eigenvalue weighted by Gasteiger charge is -2.20. The zero-order valence-corrected chi connectivity index (χ0v) is 11.4. The van der Waals surface area contributed by atoms with E-state index >= 15 is 0 Å². The smallest absolute Gasteiger partial charge is 0.270 e. The molecule has 0 bridgehead atoms. The highest BCUT2D eigenvalue weighted by Gasteiger charge is 2.42. The molecule has 2 aliphatic rings. The first-order valence-corrected chi connectivity index (χ1v) is 6.91. The SMILES string of the molecule is CC(F)(F)c1cc2c(cc1CC1(O)CC1)OCCCO2. The van der Waals surface area contributed by atoms with E-state index in [0.29, 0.717) is 43.1 Å². The van der Waals surface area contributed by atoms with E-state index < -0.39 is 11.5 Å². The second kappa shape index (κ2) is 4.58. The fraction of sp³-hybridized carbons (Fsp3) is 0.600. The Labute approximate surface area is 116 Å². The Kier molecular flexibility index (Phi) is 3.12. The van der Waals surface area contributed by atoms with E-state index in [0.717, 1.165) is 13.3 Å². The van der Waals surface area contributed by atoms with Crippen LogP contribution in [0.1, 0.15) is 37.3 Å². The van der Waals surface area contributed by atoms with Crippen LogP contribution in [0.15, 0.2) is 12.1 Å². The third-order valence-electron chi connectivity index (χ3n) is 3.79. The highest BCUT2D eigenvalue weighted by atomic mass is 19.3. The number of hydrogen-bond donors (Lipinski definition) is 1. The van der Waals surface area contributed by atoms with E-state index in [-0.39, 0.29) is 12.0 Å². The molecular weight excluding hydrogens is 266 g/mol. The van der Waals surface area contributed by atoms with Crippen molar-refractivity contribution in [3.8, 4) is 11.5 Å². The van der Waals surface area contributed by atoms with Gasteiger partial charge in [-0.15, -0.1) is 0 Å². The van der Waals surface area contributed by atoms with Gasteiger partial charge in [0, 0.05) is 25.3 Å². The van der Waals surface area contributed by atoms with Crippen LogP contribution in [0.5, 0.6) is 11.5 Å². The van der Waals surface area contributed by atoms with Gasteiger partial charge in [-0.3, -0.25) is 0 Å². The lowest BCUT2D eigenvalue weighted by molar-refractivity contribution is 0.0155. The molecule has 1 heterocycles. The van der Waals surface area contributed by atoms with Crippen molar-refractivity contribution in [2.45, 2.75) is 44.1 Å². The maximum absolute atomic E-state index is 13.8. The summed E-state index contributed by atoms with van der Waals surface area (Å²) in [5.74, 6) is -2.11. The molecule has 0 unspecified atom stereocenters. The van der Waals surface area contributed by atoms with Gasteiger partial charge in [-0.2, -0.15) is 0 Å². The van der Waals surface area contributed by atoms with Gasteiger partial charge in [0.05, 0.1) is 18.8 Å². The summed E-state index contributed by atoms with van der Waals surface area (Å²) in [6, 6.07) is 2.96. The molecule has 3 rings (SSSR count). The van der Waals surface area contributed by atoms with E-state index in [1.54, 1.807) is 6.07 Å². The molecule has 0 saturated heterocycles. The summed E-state index contributed by atoms with van der Waals surface area (Å²) in [6.45, 7) is 1.84. The van der Waals surface area contributed by atoms with Crippen molar-refractivity contribution in [1.29, 1.82) is 0 Å². The Morgan fingerprint density at radius 3 is 2.35 bits per heavy atom. The van der Waals surface area contributed by atoms with Gasteiger partial charge in [0.25, 0.3) is 5.92 Å². The van der Waals surface area contributed by atoms with Crippen molar-refractivity contribution in [2.24, 2.45) is 0 Å². The molecule has 1 saturated carbocycles. The summed E-state index contributed by atoms with van der Waals surface area (Å²) in [7, 11) is 0. The molecule has 1 aromatic carbocycles. The first-order valence-electron chi connectivity index (χ1n) is 6.91. The second-order valence-electron chi connectivity index (χ2n) is 5.80. The fourth-order valence-electron chi connectivity index (χ4n) is 2.48. The number of hydrogen-bond acceptors (Lipinski definition) is 3. The lowest BCUT2D eigenvalue weighted by atomic mass is 9.96. The van der Waals surface area contributed by atoms with Crippen molar-refractivity contribution >= 4 is 0 Å². The number of ether oxygens (including phenoxy) is 2. The van der Waals surface area contributed by atoms with Crippen molar-refractivity contribution in [3.63, 3.8) is 0 Å². The lowest BCUT2D eigenvalue weighted by Crippen LogP contribution is -2.17. The molecule has 3 nitrogen and oxygen atoms in total. The van der Waals surface area contributed by atoms with Crippen molar-refractivity contribution in [2.75, 3.05) is 13.2 Å². The molecule has 5 heteroatoms. The highest BCUT2D eigenvalue weighted by Crippen LogP contribution is 2.44. The molecule has 0 aromatic heterocycles. The largest absolute Gasteiger partial charge is 0.490 e. The minimum absolute atomic E-state index is 0.0814. The van der Waals surface area contributed by atoms with Crippen LogP contribution in [0.4, 0.5) is 8.78 Å². The Morgan fingerprint density at radius 2 is 1.80 bits per heavy atom. The fourth-order valence-corrected chi connectivity index (χ4v) is 2.48. The van der Waals surface area contributed by atoms with Crippen LogP contribution in [0, 0.1) is 0 Å². The van der Waals surface area contributed by atoms with Crippen molar-refractivity contribution < 1.29 is 23.4 Å². The van der Waals surface area contributed by atoms with Crippen LogP contribution in [0.2, 0.25) is 0 Å². The van der Waals surface area contributed by atoms with Crippen LogP contribution in [0.3, 0.4) is 0 Å². The number of aliphatic hydroxyl groups is 1. The van der Waals surface area contributed by atoms with Crippen LogP contribution < -0.4 is 9.47 Å². The van der Waals surface area contributed by atoms with Gasteiger partial charge >= 0.3 is 0 Å². The average Bonchev–Trinajstić information content (AvgIpc) is 3.10. The van der Waals surface area contributed by atoms with Gasteiger partial charge in [0.15, 0.2) is 11.5 Å². The maximum Gasteiger partial charge on any atom is 0.270 e. The molecule has 1 fully saturated rings. The first kappa shape index (κ1) is 13.6. The molecule has 20 heavy (non-hydrogen) atoms. The summed E-state index contributed by atoms with van der Waals surface area (Å²) in [5.41, 5.74) is -0.455. The summed E-state index contributed by atoms with van der Waals surface area (Å²) >= 11 is 0. The quantitative estimate of drug-likeness (QED) is 0.927. The molecule has 0 spiro atoms. The number of fused-ring (bicyclic) bond motifs is 1. The van der Waals surface area contributed by atoms with Gasteiger partial charge in [0.2, 0.25) is 0 Å². The predicted octanol–water partition coefficient (Wildman–Crippen LogP) is 3.03. The van der Waals surface area contributed by atoms with E-state index in [9.17, 15) is 13.9 Å². The predicted molar refractivity (Wildman–Crippen MR) is 69.5 cm³/mol. The molecule has 1 aliphatic carbocycles. The average molecular weight is 284 g/mol. The molecule has 0 atom stereocenters. The highest BCUT2D eigenvalue weighted by molar-refractivity contribution is 5.49. The van der Waals surface area contributed by atoms with Crippen LogP contribution in [0.25, 0.3) is 0 Å². The van der Waals surface area contributed by atoms with Gasteiger partial charge in [-0.05, 0) is 30.5 Å². The van der Waals surface area contributed by atoms with E-state index in [1.165, 1.54) is 6.07 Å². The summed E-state index contributed by atoms with van der Waals surface area (Å²) in [6.07, 6.45) is 2.29. The second-order valence-corrected chi connectivity index (χ2v) is 5.80. The molecule has 1 N–H and O–H groups in total. The summed E-state index contributed by atoms with van der Waals surface area (Å²) < 4.78 is 38.6. The summed E-state index contributed by atoms with van der Waals surface area (Å²) in [4.78, 5) is 0. The van der Waals surface area contributed by atoms with Gasteiger partial charge < -0.3 is 14.6 Å². The minimum atomic E-state index is -2.97. The number of rotatable bonds is 3. The Balaban J connectivity index is 2.03. The maximum atomic E-state index is 13.8. The van der Waals surface area contributed by atoms with Crippen LogP contribution >= 0.6 is 0 Å². The topological polar surface area (TPSA) is 38.7 Å². The number of benzene rings is 1. The summed E-state index contributed by atoms with van der Waals surface area (Å²) in [5, 5.41) is 10.0. The molecule has 1 aliphatic heterocycles. The number of halogens is 2. The third-order valence-corrected chi connectivity index (χ3v) is 3.79. The molecular formula is C15H18F2O3. The number of alkyl halides is 2. The van der Waals surface area contributed by atoms with Crippen molar-refractivity contribution in [1.82, 2.24) is 0 Å². The molecule has 0 radical (unpaired) electrons. The van der Waals surface area contributed by atoms with Gasteiger partial charge in [0.1, 0.15) is 0 Å². The standard InChI is InChI=1S/C15H18F2O3/c1-14(16,17)11-8-13-12(19-5-2-6-20-13)7-10(11)9-15(18)3-4-15/h7-8,18H,2-6,9H2,1H3. The molecule has 110 valence electrons. The third kappa shape index (κ3) is 2.73. The van der Waals surface area contributed by atoms with Crippen molar-refractivity contribution in [3.05, 3.63) is 23.3 Å². The Hall–Kier alpha value is -1.36. The monoisotopic (exact) mass is 284 g/mol. The van der Waals surface area contributed by atoms with E-state index in [4.69, 9.17) is 9.47 Å². The minimum Gasteiger partial charge on any atom is -0.490 e. The molecule has 1 aromatic rings. The normalized spacial score (nSPS) is 20.4. The van der Waals surface area contributed by atoms with Gasteiger partial charge in [-0.25, -0.2) is 8.78 Å². The first-order chi connectivity index (χ1) is 9.37. The van der Waals surface area contributed by atoms with Crippen LogP contribution in [-0.2, 0) is 12.3 Å². The Bertz CT molecular complexity index is 519.